The van der Waals surface area contributed by atoms with Crippen LogP contribution in [0.4, 0.5) is 0 Å². The molecule has 2 amide bonds. The zero-order valence-corrected chi connectivity index (χ0v) is 17.5. The lowest BCUT2D eigenvalue weighted by molar-refractivity contribution is 0.0390. The van der Waals surface area contributed by atoms with Crippen molar-refractivity contribution in [2.75, 3.05) is 6.54 Å². The van der Waals surface area contributed by atoms with Crippen LogP contribution in [0.25, 0.3) is 43.1 Å². The first-order chi connectivity index (χ1) is 16.0. The van der Waals surface area contributed by atoms with Gasteiger partial charge in [0.25, 0.3) is 11.8 Å². The third kappa shape index (κ3) is 2.04. The van der Waals surface area contributed by atoms with E-state index in [-0.39, 0.29) is 11.8 Å². The lowest BCUT2D eigenvalue weighted by atomic mass is 9.83. The van der Waals surface area contributed by atoms with E-state index in [1.807, 2.05) is 31.2 Å². The van der Waals surface area contributed by atoms with Gasteiger partial charge in [-0.25, -0.2) is 9.59 Å². The molecule has 0 atom stereocenters. The van der Waals surface area contributed by atoms with Gasteiger partial charge in [0.1, 0.15) is 0 Å². The highest BCUT2D eigenvalue weighted by Gasteiger charge is 2.34. The Bertz CT molecular complexity index is 1660. The lowest BCUT2D eigenvalue weighted by Crippen LogP contribution is -2.40. The molecule has 0 aromatic heterocycles. The molecule has 33 heavy (non-hydrogen) atoms. The number of cyclic esters (lactones) is 2. The normalized spacial score (nSPS) is 15.5. The zero-order chi connectivity index (χ0) is 22.6. The largest absolute Gasteiger partial charge is 0.386 e. The number of rotatable bonds is 2. The van der Waals surface area contributed by atoms with Crippen LogP contribution in [0.1, 0.15) is 54.8 Å². The van der Waals surface area contributed by atoms with Gasteiger partial charge in [0.05, 0.1) is 11.1 Å². The molecule has 0 unspecified atom stereocenters. The van der Waals surface area contributed by atoms with Crippen molar-refractivity contribution >= 4 is 66.8 Å². The van der Waals surface area contributed by atoms with E-state index in [4.69, 9.17) is 4.74 Å². The van der Waals surface area contributed by atoms with Crippen LogP contribution in [0.2, 0.25) is 0 Å². The Kier molecular flexibility index (Phi) is 3.28. The summed E-state index contributed by atoms with van der Waals surface area (Å²) in [5.41, 5.74) is 1.76. The van der Waals surface area contributed by atoms with Crippen molar-refractivity contribution in [2.24, 2.45) is 0 Å². The monoisotopic (exact) mass is 433 g/mol. The first kappa shape index (κ1) is 18.3. The lowest BCUT2D eigenvalue weighted by Gasteiger charge is -2.28. The van der Waals surface area contributed by atoms with Gasteiger partial charge in [0.15, 0.2) is 0 Å². The summed E-state index contributed by atoms with van der Waals surface area (Å²) < 4.78 is 4.91. The van der Waals surface area contributed by atoms with Gasteiger partial charge < -0.3 is 4.74 Å². The Morgan fingerprint density at radius 2 is 0.970 bits per heavy atom. The molecule has 2 aliphatic rings. The van der Waals surface area contributed by atoms with Crippen molar-refractivity contribution in [2.45, 2.75) is 13.3 Å². The smallest absolute Gasteiger partial charge is 0.346 e. The van der Waals surface area contributed by atoms with Gasteiger partial charge in [0.2, 0.25) is 0 Å². The fourth-order valence-corrected chi connectivity index (χ4v) is 5.59. The minimum atomic E-state index is -0.653. The molecule has 0 saturated carbocycles. The summed E-state index contributed by atoms with van der Waals surface area (Å²) in [5, 5.41) is 6.39. The quantitative estimate of drug-likeness (QED) is 0.128. The van der Waals surface area contributed by atoms with Crippen LogP contribution in [0.5, 0.6) is 0 Å². The Hall–Kier alpha value is -4.32. The molecule has 2 heterocycles. The summed E-state index contributed by atoms with van der Waals surface area (Å²) >= 11 is 0. The first-order valence-electron chi connectivity index (χ1n) is 10.8. The fraction of sp³-hybridized carbons (Fsp3) is 0.111. The highest BCUT2D eigenvalue weighted by atomic mass is 16.6. The second-order valence-electron chi connectivity index (χ2n) is 8.58. The number of fused-ring (bicyclic) bond motifs is 2. The number of esters is 2. The molecule has 0 aliphatic carbocycles. The number of ether oxygens (including phenoxy) is 1. The number of carbonyl (C=O) groups excluding carboxylic acids is 4. The predicted molar refractivity (Wildman–Crippen MR) is 123 cm³/mol. The maximum atomic E-state index is 13.2. The molecule has 0 radical (unpaired) electrons. The predicted octanol–water partition coefficient (Wildman–Crippen LogP) is 5.05. The molecule has 0 fully saturated rings. The maximum absolute atomic E-state index is 13.2. The summed E-state index contributed by atoms with van der Waals surface area (Å²) in [4.78, 5) is 52.5. The third-order valence-corrected chi connectivity index (χ3v) is 6.93. The van der Waals surface area contributed by atoms with Gasteiger partial charge >= 0.3 is 11.9 Å². The standard InChI is InChI=1S/C27H15NO5/c1-2-11-28-24(29)16-7-3-12-14-5-9-18-23-19(27(32)33-26(18)31)10-6-15(21(14)23)13-4-8-17(25(28)30)22(16)20(12)13/h3-10H,2,11H2,1H3. The molecule has 0 bridgehead atoms. The first-order valence-corrected chi connectivity index (χ1v) is 10.8. The molecule has 6 heteroatoms. The number of amides is 2. The number of carbonyl (C=O) groups is 4. The van der Waals surface area contributed by atoms with E-state index in [1.165, 1.54) is 4.90 Å². The number of hydrogen-bond donors (Lipinski definition) is 0. The summed E-state index contributed by atoms with van der Waals surface area (Å²) in [6, 6.07) is 14.4. The van der Waals surface area contributed by atoms with Crippen LogP contribution in [0.15, 0.2) is 48.5 Å². The van der Waals surface area contributed by atoms with Gasteiger partial charge in [-0.05, 0) is 63.0 Å². The summed E-state index contributed by atoms with van der Waals surface area (Å²) in [6.45, 7) is 2.31. The second kappa shape index (κ2) is 5.92. The van der Waals surface area contributed by atoms with Crippen LogP contribution in [0, 0.1) is 0 Å². The summed E-state index contributed by atoms with van der Waals surface area (Å²) in [5.74, 6) is -1.86. The Balaban J connectivity index is 1.71. The third-order valence-electron chi connectivity index (χ3n) is 6.93. The van der Waals surface area contributed by atoms with Crippen LogP contribution < -0.4 is 0 Å². The average Bonchev–Trinajstić information content (AvgIpc) is 2.82. The molecular formula is C27H15NO5. The second-order valence-corrected chi connectivity index (χ2v) is 8.58. The van der Waals surface area contributed by atoms with E-state index >= 15 is 0 Å². The van der Waals surface area contributed by atoms with Gasteiger partial charge in [-0.3, -0.25) is 14.5 Å². The molecule has 6 nitrogen and oxygen atoms in total. The van der Waals surface area contributed by atoms with Crippen molar-refractivity contribution in [3.63, 3.8) is 0 Å². The van der Waals surface area contributed by atoms with Crippen LogP contribution >= 0.6 is 0 Å². The molecule has 5 aromatic carbocycles. The van der Waals surface area contributed by atoms with E-state index < -0.39 is 11.9 Å². The van der Waals surface area contributed by atoms with E-state index in [2.05, 4.69) is 0 Å². The van der Waals surface area contributed by atoms with Crippen LogP contribution in [-0.4, -0.2) is 35.2 Å². The van der Waals surface area contributed by atoms with Crippen molar-refractivity contribution in [1.29, 1.82) is 0 Å². The molecule has 5 aromatic rings. The van der Waals surface area contributed by atoms with Crippen LogP contribution in [-0.2, 0) is 4.74 Å². The molecule has 0 saturated heterocycles. The minimum Gasteiger partial charge on any atom is -0.386 e. The Morgan fingerprint density at radius 1 is 0.576 bits per heavy atom. The van der Waals surface area contributed by atoms with Crippen molar-refractivity contribution in [3.05, 3.63) is 70.8 Å². The van der Waals surface area contributed by atoms with Gasteiger partial charge in [-0.2, -0.15) is 0 Å². The number of benzene rings is 5. The molecule has 0 N–H and O–H groups in total. The molecule has 158 valence electrons. The van der Waals surface area contributed by atoms with Gasteiger partial charge in [-0.1, -0.05) is 31.2 Å². The van der Waals surface area contributed by atoms with Crippen molar-refractivity contribution in [3.8, 4) is 0 Å². The van der Waals surface area contributed by atoms with E-state index in [0.717, 1.165) is 32.3 Å². The molecule has 2 aliphatic heterocycles. The maximum Gasteiger partial charge on any atom is 0.346 e. The number of hydrogen-bond acceptors (Lipinski definition) is 5. The van der Waals surface area contributed by atoms with E-state index in [9.17, 15) is 19.2 Å². The zero-order valence-electron chi connectivity index (χ0n) is 17.5. The fourth-order valence-electron chi connectivity index (χ4n) is 5.59. The average molecular weight is 433 g/mol. The Labute approximate surface area is 186 Å². The summed E-state index contributed by atoms with van der Waals surface area (Å²) in [6.07, 6.45) is 0.688. The van der Waals surface area contributed by atoms with Crippen LogP contribution in [0.3, 0.4) is 0 Å². The van der Waals surface area contributed by atoms with Gasteiger partial charge in [-0.15, -0.1) is 0 Å². The molecule has 7 rings (SSSR count). The highest BCUT2D eigenvalue weighted by molar-refractivity contribution is 6.40. The molecular weight excluding hydrogens is 418 g/mol. The SMILES string of the molecule is CCCN1C(=O)c2ccc3c4ccc5c6c(ccc(c7ccc(c2c37)C1=O)c64)C(=O)OC5=O. The van der Waals surface area contributed by atoms with E-state index in [0.29, 0.717) is 46.0 Å². The van der Waals surface area contributed by atoms with E-state index in [1.54, 1.807) is 24.3 Å². The molecule has 0 spiro atoms. The Morgan fingerprint density at radius 3 is 1.39 bits per heavy atom. The topological polar surface area (TPSA) is 80.8 Å². The number of imide groups is 1. The number of nitrogens with zero attached hydrogens (tertiary/aromatic N) is 1. The van der Waals surface area contributed by atoms with Gasteiger partial charge in [0, 0.05) is 28.4 Å². The highest BCUT2D eigenvalue weighted by Crippen LogP contribution is 2.45. The summed E-state index contributed by atoms with van der Waals surface area (Å²) in [7, 11) is 0. The van der Waals surface area contributed by atoms with Crippen molar-refractivity contribution < 1.29 is 23.9 Å². The minimum absolute atomic E-state index is 0.276. The van der Waals surface area contributed by atoms with Crippen molar-refractivity contribution in [1.82, 2.24) is 4.90 Å².